The van der Waals surface area contributed by atoms with E-state index in [1.165, 1.54) is 5.56 Å². The van der Waals surface area contributed by atoms with Gasteiger partial charge in [0.1, 0.15) is 0 Å². The number of benzene rings is 1. The highest BCUT2D eigenvalue weighted by molar-refractivity contribution is 5.79. The molecule has 2 atom stereocenters. The second kappa shape index (κ2) is 12.0. The van der Waals surface area contributed by atoms with E-state index >= 15 is 0 Å². The summed E-state index contributed by atoms with van der Waals surface area (Å²) in [4.78, 5) is 11.7. The lowest BCUT2D eigenvalue weighted by Gasteiger charge is -2.36. The zero-order chi connectivity index (χ0) is 20.4. The molecule has 2 unspecified atom stereocenters. The van der Waals surface area contributed by atoms with Gasteiger partial charge < -0.3 is 15.5 Å². The average molecular weight is 389 g/mol. The fourth-order valence-corrected chi connectivity index (χ4v) is 3.50. The van der Waals surface area contributed by atoms with Crippen molar-refractivity contribution in [2.24, 2.45) is 4.99 Å². The van der Waals surface area contributed by atoms with Crippen molar-refractivity contribution < 1.29 is 0 Å². The van der Waals surface area contributed by atoms with Crippen molar-refractivity contribution in [3.8, 4) is 0 Å². The largest absolute Gasteiger partial charge is 0.356 e. The molecule has 1 aromatic carbocycles. The predicted octanol–water partition coefficient (Wildman–Crippen LogP) is 1.70. The third-order valence-electron chi connectivity index (χ3n) is 5.83. The Morgan fingerprint density at radius 3 is 2.43 bits per heavy atom. The normalized spacial score (nSPS) is 18.9. The van der Waals surface area contributed by atoms with E-state index in [1.54, 1.807) is 0 Å². The van der Waals surface area contributed by atoms with Crippen LogP contribution < -0.4 is 10.6 Å². The fraction of sp³-hybridized carbons (Fsp3) is 0.682. The average Bonchev–Trinajstić information content (AvgIpc) is 2.71. The monoisotopic (exact) mass is 388 g/mol. The quantitative estimate of drug-likeness (QED) is 0.498. The number of nitrogens with one attached hydrogen (secondary N) is 2. The van der Waals surface area contributed by atoms with Crippen LogP contribution in [0, 0.1) is 0 Å². The molecule has 2 rings (SSSR count). The number of rotatable bonds is 9. The van der Waals surface area contributed by atoms with Crippen LogP contribution in [-0.4, -0.2) is 93.2 Å². The Labute approximate surface area is 172 Å². The Hall–Kier alpha value is -1.63. The van der Waals surface area contributed by atoms with Crippen molar-refractivity contribution in [2.75, 3.05) is 60.4 Å². The highest BCUT2D eigenvalue weighted by Gasteiger charge is 2.19. The third kappa shape index (κ3) is 7.78. The molecule has 0 bridgehead atoms. The molecule has 6 nitrogen and oxygen atoms in total. The summed E-state index contributed by atoms with van der Waals surface area (Å²) < 4.78 is 0. The van der Waals surface area contributed by atoms with E-state index in [-0.39, 0.29) is 0 Å². The zero-order valence-electron chi connectivity index (χ0n) is 18.5. The van der Waals surface area contributed by atoms with Gasteiger partial charge in [-0.1, -0.05) is 30.3 Å². The van der Waals surface area contributed by atoms with Crippen LogP contribution in [0.15, 0.2) is 35.3 Å². The smallest absolute Gasteiger partial charge is 0.191 e. The molecule has 1 aliphatic rings. The molecule has 0 radical (unpaired) electrons. The van der Waals surface area contributed by atoms with Crippen molar-refractivity contribution in [3.63, 3.8) is 0 Å². The molecular weight excluding hydrogens is 348 g/mol. The first-order valence-electron chi connectivity index (χ1n) is 10.6. The van der Waals surface area contributed by atoms with Crippen molar-refractivity contribution in [3.05, 3.63) is 35.9 Å². The van der Waals surface area contributed by atoms with Gasteiger partial charge >= 0.3 is 0 Å². The van der Waals surface area contributed by atoms with Gasteiger partial charge in [-0.2, -0.15) is 0 Å². The fourth-order valence-electron chi connectivity index (χ4n) is 3.50. The summed E-state index contributed by atoms with van der Waals surface area (Å²) in [5.41, 5.74) is 1.36. The number of nitrogens with zero attached hydrogens (tertiary/aromatic N) is 4. The molecule has 6 heteroatoms. The molecule has 1 aromatic rings. The van der Waals surface area contributed by atoms with Gasteiger partial charge in [0.2, 0.25) is 0 Å². The Morgan fingerprint density at radius 1 is 1.11 bits per heavy atom. The van der Waals surface area contributed by atoms with E-state index in [2.05, 4.69) is 88.6 Å². The first-order chi connectivity index (χ1) is 13.5. The SMILES string of the molecule is CN=C(NCCC(C)N(C)Cc1ccccc1)NCC(C)N1CCN(C)CC1. The molecule has 0 spiro atoms. The van der Waals surface area contributed by atoms with Gasteiger partial charge in [-0.25, -0.2) is 0 Å². The Balaban J connectivity index is 1.64. The van der Waals surface area contributed by atoms with E-state index in [9.17, 15) is 0 Å². The van der Waals surface area contributed by atoms with Crippen LogP contribution in [0.5, 0.6) is 0 Å². The van der Waals surface area contributed by atoms with E-state index in [0.717, 1.165) is 58.2 Å². The topological polar surface area (TPSA) is 46.1 Å². The number of piperazine rings is 1. The Bertz CT molecular complexity index is 568. The van der Waals surface area contributed by atoms with Gasteiger partial charge in [0.25, 0.3) is 0 Å². The Morgan fingerprint density at radius 2 is 1.79 bits per heavy atom. The molecule has 1 heterocycles. The molecular formula is C22H40N6. The van der Waals surface area contributed by atoms with Gasteiger partial charge in [0.05, 0.1) is 0 Å². The number of hydrogen-bond acceptors (Lipinski definition) is 4. The van der Waals surface area contributed by atoms with Gasteiger partial charge in [-0.15, -0.1) is 0 Å². The van der Waals surface area contributed by atoms with Gasteiger partial charge in [0.15, 0.2) is 5.96 Å². The van der Waals surface area contributed by atoms with Gasteiger partial charge in [-0.05, 0) is 39.9 Å². The molecule has 1 fully saturated rings. The predicted molar refractivity (Wildman–Crippen MR) is 120 cm³/mol. The molecule has 0 saturated carbocycles. The lowest BCUT2D eigenvalue weighted by molar-refractivity contribution is 0.120. The summed E-state index contributed by atoms with van der Waals surface area (Å²) in [6.45, 7) is 12.0. The highest BCUT2D eigenvalue weighted by Crippen LogP contribution is 2.08. The van der Waals surface area contributed by atoms with Gasteiger partial charge in [-0.3, -0.25) is 14.8 Å². The standard InChI is InChI=1S/C22H40N6/c1-19(27(5)18-21-9-7-6-8-10-21)11-12-24-22(23-3)25-17-20(2)28-15-13-26(4)14-16-28/h6-10,19-20H,11-18H2,1-5H3,(H2,23,24,25). The number of likely N-dealkylation sites (N-methyl/N-ethyl adjacent to an activating group) is 1. The zero-order valence-corrected chi connectivity index (χ0v) is 18.5. The summed E-state index contributed by atoms with van der Waals surface area (Å²) >= 11 is 0. The highest BCUT2D eigenvalue weighted by atomic mass is 15.3. The summed E-state index contributed by atoms with van der Waals surface area (Å²) in [6, 6.07) is 11.7. The lowest BCUT2D eigenvalue weighted by atomic mass is 10.1. The molecule has 1 aliphatic heterocycles. The van der Waals surface area contributed by atoms with Crippen LogP contribution in [-0.2, 0) is 6.54 Å². The summed E-state index contributed by atoms with van der Waals surface area (Å²) in [5, 5.41) is 6.96. The number of guanidine groups is 1. The maximum absolute atomic E-state index is 4.38. The summed E-state index contributed by atoms with van der Waals surface area (Å²) in [6.07, 6.45) is 1.08. The maximum Gasteiger partial charge on any atom is 0.191 e. The van der Waals surface area contributed by atoms with Crippen LogP contribution in [0.25, 0.3) is 0 Å². The molecule has 158 valence electrons. The van der Waals surface area contributed by atoms with Crippen LogP contribution in [0.1, 0.15) is 25.8 Å². The molecule has 1 saturated heterocycles. The summed E-state index contributed by atoms with van der Waals surface area (Å²) in [7, 11) is 6.24. The second-order valence-electron chi connectivity index (χ2n) is 8.11. The van der Waals surface area contributed by atoms with Crippen LogP contribution in [0.3, 0.4) is 0 Å². The molecule has 28 heavy (non-hydrogen) atoms. The third-order valence-corrected chi connectivity index (χ3v) is 5.83. The molecule has 0 aliphatic carbocycles. The molecule has 2 N–H and O–H groups in total. The number of aliphatic imine (C=N–C) groups is 1. The molecule has 0 amide bonds. The van der Waals surface area contributed by atoms with Crippen molar-refractivity contribution in [2.45, 2.75) is 38.9 Å². The lowest BCUT2D eigenvalue weighted by Crippen LogP contribution is -2.52. The van der Waals surface area contributed by atoms with Crippen LogP contribution >= 0.6 is 0 Å². The minimum atomic E-state index is 0.509. The maximum atomic E-state index is 4.38. The van der Waals surface area contributed by atoms with Crippen molar-refractivity contribution >= 4 is 5.96 Å². The second-order valence-corrected chi connectivity index (χ2v) is 8.11. The first-order valence-corrected chi connectivity index (χ1v) is 10.6. The van der Waals surface area contributed by atoms with Crippen molar-refractivity contribution in [1.29, 1.82) is 0 Å². The van der Waals surface area contributed by atoms with Crippen LogP contribution in [0.2, 0.25) is 0 Å². The van der Waals surface area contributed by atoms with Crippen LogP contribution in [0.4, 0.5) is 0 Å². The van der Waals surface area contributed by atoms with E-state index in [4.69, 9.17) is 0 Å². The first kappa shape index (κ1) is 22.7. The van der Waals surface area contributed by atoms with Gasteiger partial charge in [0, 0.05) is 64.9 Å². The Kier molecular flexibility index (Phi) is 9.75. The summed E-state index contributed by atoms with van der Waals surface area (Å²) in [5.74, 6) is 0.902. The van der Waals surface area contributed by atoms with E-state index in [0.29, 0.717) is 12.1 Å². The minimum absolute atomic E-state index is 0.509. The van der Waals surface area contributed by atoms with E-state index in [1.807, 2.05) is 7.05 Å². The molecule has 0 aromatic heterocycles. The van der Waals surface area contributed by atoms with E-state index < -0.39 is 0 Å². The number of hydrogen-bond donors (Lipinski definition) is 2. The minimum Gasteiger partial charge on any atom is -0.356 e. The van der Waals surface area contributed by atoms with Crippen molar-refractivity contribution in [1.82, 2.24) is 25.3 Å².